The Hall–Kier alpha value is -2.22. The average Bonchev–Trinajstić information content (AvgIpc) is 2.37. The van der Waals surface area contributed by atoms with Gasteiger partial charge in [0.1, 0.15) is 11.5 Å². The normalized spacial score (nSPS) is 11.4. The standard InChI is InChI=1S/C13H11F3N2O2S/c1-7-2-3-9(6-12(7)17)21(19,20)18-13-10(15)4-8(14)5-11(13)16/h2-6,18H,17H2,1H3. The summed E-state index contributed by atoms with van der Waals surface area (Å²) in [4.78, 5) is -0.256. The SMILES string of the molecule is Cc1ccc(S(=O)(=O)Nc2c(F)cc(F)cc2F)cc1N. The van der Waals surface area contributed by atoms with Crippen LogP contribution < -0.4 is 10.5 Å². The van der Waals surface area contributed by atoms with Crippen molar-refractivity contribution in [3.8, 4) is 0 Å². The number of sulfonamides is 1. The summed E-state index contributed by atoms with van der Waals surface area (Å²) in [5.74, 6) is -3.85. The summed E-state index contributed by atoms with van der Waals surface area (Å²) >= 11 is 0. The molecule has 112 valence electrons. The van der Waals surface area contributed by atoms with Gasteiger partial charge in [-0.15, -0.1) is 0 Å². The second-order valence-electron chi connectivity index (χ2n) is 4.37. The fourth-order valence-corrected chi connectivity index (χ4v) is 2.73. The van der Waals surface area contributed by atoms with Crippen LogP contribution in [0.4, 0.5) is 24.5 Å². The fraction of sp³-hybridized carbons (Fsp3) is 0.0769. The number of anilines is 2. The summed E-state index contributed by atoms with van der Waals surface area (Å²) in [5.41, 5.74) is 5.53. The van der Waals surface area contributed by atoms with Gasteiger partial charge in [0.05, 0.1) is 4.90 Å². The van der Waals surface area contributed by atoms with E-state index in [0.29, 0.717) is 17.7 Å². The molecule has 0 fully saturated rings. The van der Waals surface area contributed by atoms with Gasteiger partial charge in [-0.2, -0.15) is 0 Å². The van der Waals surface area contributed by atoms with E-state index >= 15 is 0 Å². The number of benzene rings is 2. The molecule has 3 N–H and O–H groups in total. The second-order valence-corrected chi connectivity index (χ2v) is 6.05. The molecule has 0 heterocycles. The van der Waals surface area contributed by atoms with Gasteiger partial charge >= 0.3 is 0 Å². The first-order valence-electron chi connectivity index (χ1n) is 5.74. The van der Waals surface area contributed by atoms with Crippen LogP contribution >= 0.6 is 0 Å². The van der Waals surface area contributed by atoms with Crippen molar-refractivity contribution in [3.63, 3.8) is 0 Å². The lowest BCUT2D eigenvalue weighted by atomic mass is 10.2. The van der Waals surface area contributed by atoms with Gasteiger partial charge in [-0.05, 0) is 24.6 Å². The van der Waals surface area contributed by atoms with Gasteiger partial charge in [-0.25, -0.2) is 21.6 Å². The van der Waals surface area contributed by atoms with Crippen molar-refractivity contribution < 1.29 is 21.6 Å². The number of hydrogen-bond acceptors (Lipinski definition) is 3. The fourth-order valence-electron chi connectivity index (χ4n) is 1.62. The minimum Gasteiger partial charge on any atom is -0.398 e. The predicted molar refractivity (Wildman–Crippen MR) is 72.7 cm³/mol. The van der Waals surface area contributed by atoms with Crippen LogP contribution in [0.2, 0.25) is 0 Å². The summed E-state index contributed by atoms with van der Waals surface area (Å²) in [5, 5.41) is 0. The zero-order valence-electron chi connectivity index (χ0n) is 10.8. The molecule has 2 aromatic carbocycles. The third-order valence-corrected chi connectivity index (χ3v) is 4.15. The molecule has 2 aromatic rings. The van der Waals surface area contributed by atoms with Crippen molar-refractivity contribution in [2.45, 2.75) is 11.8 Å². The lowest BCUT2D eigenvalue weighted by Gasteiger charge is -2.11. The molecule has 21 heavy (non-hydrogen) atoms. The molecule has 0 saturated carbocycles. The Kier molecular flexibility index (Phi) is 3.82. The van der Waals surface area contributed by atoms with Gasteiger partial charge in [-0.3, -0.25) is 4.72 Å². The molecule has 0 aliphatic heterocycles. The molecule has 0 aliphatic rings. The summed E-state index contributed by atoms with van der Waals surface area (Å²) in [7, 11) is -4.24. The topological polar surface area (TPSA) is 72.2 Å². The quantitative estimate of drug-likeness (QED) is 0.855. The van der Waals surface area contributed by atoms with E-state index in [0.717, 1.165) is 6.07 Å². The lowest BCUT2D eigenvalue weighted by molar-refractivity contribution is 0.547. The molecular weight excluding hydrogens is 305 g/mol. The Labute approximate surface area is 119 Å². The van der Waals surface area contributed by atoms with Gasteiger partial charge in [0.2, 0.25) is 0 Å². The van der Waals surface area contributed by atoms with E-state index in [1.165, 1.54) is 12.1 Å². The highest BCUT2D eigenvalue weighted by Gasteiger charge is 2.20. The first-order chi connectivity index (χ1) is 9.70. The molecule has 0 aliphatic carbocycles. The predicted octanol–water partition coefficient (Wildman–Crippen LogP) is 2.80. The van der Waals surface area contributed by atoms with Crippen LogP contribution in [0.5, 0.6) is 0 Å². The van der Waals surface area contributed by atoms with Crippen molar-refractivity contribution in [1.82, 2.24) is 0 Å². The minimum absolute atomic E-state index is 0.220. The van der Waals surface area contributed by atoms with Gasteiger partial charge in [-0.1, -0.05) is 6.07 Å². The molecule has 0 atom stereocenters. The maximum absolute atomic E-state index is 13.5. The second kappa shape index (κ2) is 5.28. The molecule has 4 nitrogen and oxygen atoms in total. The summed E-state index contributed by atoms with van der Waals surface area (Å²) < 4.78 is 65.6. The molecule has 0 bridgehead atoms. The van der Waals surface area contributed by atoms with Crippen molar-refractivity contribution in [2.24, 2.45) is 0 Å². The van der Waals surface area contributed by atoms with Crippen molar-refractivity contribution >= 4 is 21.4 Å². The van der Waals surface area contributed by atoms with E-state index in [2.05, 4.69) is 0 Å². The molecular formula is C13H11F3N2O2S. The third-order valence-electron chi connectivity index (χ3n) is 2.80. The largest absolute Gasteiger partial charge is 0.398 e. The van der Waals surface area contributed by atoms with Crippen molar-refractivity contribution in [3.05, 3.63) is 53.3 Å². The molecule has 0 saturated heterocycles. The van der Waals surface area contributed by atoms with Crippen LogP contribution in [0.25, 0.3) is 0 Å². The average molecular weight is 316 g/mol. The van der Waals surface area contributed by atoms with Gasteiger partial charge in [0.15, 0.2) is 11.6 Å². The van der Waals surface area contributed by atoms with Gasteiger partial charge in [0, 0.05) is 17.8 Å². The maximum Gasteiger partial charge on any atom is 0.262 e. The van der Waals surface area contributed by atoms with E-state index in [1.807, 2.05) is 0 Å². The summed E-state index contributed by atoms with van der Waals surface area (Å²) in [6, 6.07) is 4.63. The van der Waals surface area contributed by atoms with Crippen LogP contribution in [0, 0.1) is 24.4 Å². The molecule has 0 radical (unpaired) electrons. The van der Waals surface area contributed by atoms with E-state index < -0.39 is 33.2 Å². The number of nitrogens with one attached hydrogen (secondary N) is 1. The van der Waals surface area contributed by atoms with E-state index in [4.69, 9.17) is 5.73 Å². The first-order valence-corrected chi connectivity index (χ1v) is 7.22. The number of rotatable bonds is 3. The first kappa shape index (κ1) is 15.2. The number of nitrogen functional groups attached to an aromatic ring is 1. The molecule has 0 amide bonds. The Morgan fingerprint density at radius 3 is 2.14 bits per heavy atom. The molecule has 0 unspecified atom stereocenters. The Morgan fingerprint density at radius 2 is 1.62 bits per heavy atom. The summed E-state index contributed by atoms with van der Waals surface area (Å²) in [6.07, 6.45) is 0. The monoisotopic (exact) mass is 316 g/mol. The van der Waals surface area contributed by atoms with Crippen LogP contribution in [-0.4, -0.2) is 8.42 Å². The Bertz CT molecular complexity index is 784. The lowest BCUT2D eigenvalue weighted by Crippen LogP contribution is -2.15. The highest BCUT2D eigenvalue weighted by Crippen LogP contribution is 2.25. The molecule has 2 rings (SSSR count). The Balaban J connectivity index is 2.44. The highest BCUT2D eigenvalue weighted by molar-refractivity contribution is 7.92. The Morgan fingerprint density at radius 1 is 1.05 bits per heavy atom. The van der Waals surface area contributed by atoms with Gasteiger partial charge in [0.25, 0.3) is 10.0 Å². The highest BCUT2D eigenvalue weighted by atomic mass is 32.2. The van der Waals surface area contributed by atoms with E-state index in [-0.39, 0.29) is 10.6 Å². The molecule has 0 aromatic heterocycles. The van der Waals surface area contributed by atoms with Crippen LogP contribution in [0.1, 0.15) is 5.56 Å². The number of nitrogens with two attached hydrogens (primary N) is 1. The number of hydrogen-bond donors (Lipinski definition) is 2. The molecule has 0 spiro atoms. The zero-order chi connectivity index (χ0) is 15.8. The van der Waals surface area contributed by atoms with Crippen LogP contribution in [0.15, 0.2) is 35.2 Å². The van der Waals surface area contributed by atoms with E-state index in [1.54, 1.807) is 11.6 Å². The number of aryl methyl sites for hydroxylation is 1. The smallest absolute Gasteiger partial charge is 0.262 e. The zero-order valence-corrected chi connectivity index (χ0v) is 11.6. The van der Waals surface area contributed by atoms with Crippen molar-refractivity contribution in [2.75, 3.05) is 10.5 Å². The summed E-state index contributed by atoms with van der Waals surface area (Å²) in [6.45, 7) is 1.68. The number of halogens is 3. The maximum atomic E-state index is 13.5. The van der Waals surface area contributed by atoms with Crippen molar-refractivity contribution in [1.29, 1.82) is 0 Å². The molecule has 8 heteroatoms. The van der Waals surface area contributed by atoms with Crippen LogP contribution in [-0.2, 0) is 10.0 Å². The third kappa shape index (κ3) is 3.10. The van der Waals surface area contributed by atoms with E-state index in [9.17, 15) is 21.6 Å². The minimum atomic E-state index is -4.24. The van der Waals surface area contributed by atoms with Gasteiger partial charge < -0.3 is 5.73 Å². The van der Waals surface area contributed by atoms with Crippen LogP contribution in [0.3, 0.4) is 0 Å².